The third kappa shape index (κ3) is 4.65. The van der Waals surface area contributed by atoms with Crippen LogP contribution in [0.25, 0.3) is 10.4 Å². The smallest absolute Gasteiger partial charge is 0.234 e. The zero-order chi connectivity index (χ0) is 27.2. The number of hydrogen-bond acceptors (Lipinski definition) is 9. The molecular weight excluding hydrogens is 500 g/mol. The third-order valence-electron chi connectivity index (χ3n) is 7.63. The monoisotopic (exact) mass is 536 g/mol. The van der Waals surface area contributed by atoms with Crippen molar-refractivity contribution >= 4 is 23.1 Å². The number of β-amino-alcohol motifs (C(OH)–C–C–N with tert-alkyl or cyclic N) is 1. The minimum Gasteiger partial charge on any atom is -0.391 e. The number of amidine groups is 1. The molecule has 0 aliphatic carbocycles. The maximum Gasteiger partial charge on any atom is 0.234 e. The zero-order valence-corrected chi connectivity index (χ0v) is 23.6. The number of benzene rings is 1. The highest BCUT2D eigenvalue weighted by Gasteiger charge is 2.47. The molecule has 0 radical (unpaired) electrons. The van der Waals surface area contributed by atoms with Crippen molar-refractivity contribution in [1.82, 2.24) is 25.5 Å². The first kappa shape index (κ1) is 26.5. The number of hydrazine groups is 1. The molecule has 4 heterocycles. The molecule has 3 aromatic rings. The number of aliphatic hydroxyl groups is 1. The molecular formula is C28H36N6O3S. The minimum absolute atomic E-state index is 0.00446. The summed E-state index contributed by atoms with van der Waals surface area (Å²) in [6.45, 7) is 13.0. The van der Waals surface area contributed by atoms with Gasteiger partial charge in [0, 0.05) is 25.6 Å². The van der Waals surface area contributed by atoms with Gasteiger partial charge in [0.05, 0.1) is 33.9 Å². The molecule has 38 heavy (non-hydrogen) atoms. The van der Waals surface area contributed by atoms with Gasteiger partial charge in [-0.25, -0.2) is 9.98 Å². The van der Waals surface area contributed by atoms with E-state index in [2.05, 4.69) is 58.7 Å². The molecule has 2 aromatic heterocycles. The molecule has 9 nitrogen and oxygen atoms in total. The molecule has 2 aliphatic heterocycles. The van der Waals surface area contributed by atoms with Gasteiger partial charge in [-0.05, 0) is 37.8 Å². The first-order valence-corrected chi connectivity index (χ1v) is 14.1. The second-order valence-corrected chi connectivity index (χ2v) is 11.6. The third-order valence-corrected chi connectivity index (χ3v) is 8.61. The molecule has 0 bridgehead atoms. The predicted octanol–water partition coefficient (Wildman–Crippen LogP) is 4.23. The molecule has 2 N–H and O–H groups in total. The van der Waals surface area contributed by atoms with E-state index in [1.165, 1.54) is 4.88 Å². The van der Waals surface area contributed by atoms with Crippen LogP contribution >= 0.6 is 11.3 Å². The zero-order valence-electron chi connectivity index (χ0n) is 22.8. The fourth-order valence-electron chi connectivity index (χ4n) is 5.60. The standard InChI is InChI=1S/C28H36N6O3S/c1-7-34-28(6,20-10-8-19(9-11-20)25-18(5)29-15-38-25)30-26(31-34)22-13-21(35)14-33(22)27(36)24(16(2)3)23-12-17(4)32-37-23/h8-12,15-16,21-22,24,35H,7,13-14H2,1-6H3,(H,30,31)/t21-,22-,24?,28?/m1/s1. The summed E-state index contributed by atoms with van der Waals surface area (Å²) in [7, 11) is 0. The van der Waals surface area contributed by atoms with Crippen LogP contribution in [0, 0.1) is 19.8 Å². The number of aliphatic imine (C=N–C) groups is 1. The number of aryl methyl sites for hydroxylation is 2. The van der Waals surface area contributed by atoms with Crippen LogP contribution in [-0.2, 0) is 10.5 Å². The quantitative estimate of drug-likeness (QED) is 0.465. The maximum atomic E-state index is 13.9. The van der Waals surface area contributed by atoms with Crippen molar-refractivity contribution in [3.8, 4) is 10.4 Å². The van der Waals surface area contributed by atoms with Gasteiger partial charge in [-0.1, -0.05) is 50.2 Å². The number of rotatable bonds is 7. The Morgan fingerprint density at radius 1 is 1.29 bits per heavy atom. The highest BCUT2D eigenvalue weighted by Crippen LogP contribution is 2.37. The van der Waals surface area contributed by atoms with Gasteiger partial charge < -0.3 is 20.0 Å². The number of amides is 1. The average molecular weight is 537 g/mol. The summed E-state index contributed by atoms with van der Waals surface area (Å²) in [5.74, 6) is 0.688. The summed E-state index contributed by atoms with van der Waals surface area (Å²) in [6.07, 6.45) is -0.198. The van der Waals surface area contributed by atoms with Gasteiger partial charge in [0.1, 0.15) is 17.5 Å². The molecule has 2 unspecified atom stereocenters. The molecule has 0 spiro atoms. The molecule has 4 atom stereocenters. The van der Waals surface area contributed by atoms with E-state index >= 15 is 0 Å². The van der Waals surface area contributed by atoms with E-state index < -0.39 is 17.7 Å². The second-order valence-electron chi connectivity index (χ2n) is 10.7. The van der Waals surface area contributed by atoms with Crippen molar-refractivity contribution in [2.24, 2.45) is 10.9 Å². The summed E-state index contributed by atoms with van der Waals surface area (Å²) in [5.41, 5.74) is 8.62. The van der Waals surface area contributed by atoms with Crippen molar-refractivity contribution in [3.05, 3.63) is 58.6 Å². The van der Waals surface area contributed by atoms with Crippen molar-refractivity contribution in [1.29, 1.82) is 0 Å². The lowest BCUT2D eigenvalue weighted by atomic mass is 9.91. The highest BCUT2D eigenvalue weighted by molar-refractivity contribution is 7.13. The van der Waals surface area contributed by atoms with Gasteiger partial charge >= 0.3 is 0 Å². The normalized spacial score (nSPS) is 24.6. The fourth-order valence-corrected chi connectivity index (χ4v) is 6.41. The van der Waals surface area contributed by atoms with E-state index in [1.54, 1.807) is 16.2 Å². The van der Waals surface area contributed by atoms with Crippen molar-refractivity contribution < 1.29 is 14.4 Å². The van der Waals surface area contributed by atoms with Crippen LogP contribution in [0.4, 0.5) is 0 Å². The number of nitrogens with one attached hydrogen (secondary N) is 1. The van der Waals surface area contributed by atoms with Gasteiger partial charge in [-0.2, -0.15) is 5.01 Å². The van der Waals surface area contributed by atoms with Crippen molar-refractivity contribution in [2.75, 3.05) is 13.1 Å². The maximum absolute atomic E-state index is 13.9. The number of aliphatic hydroxyl groups excluding tert-OH is 1. The van der Waals surface area contributed by atoms with E-state index in [9.17, 15) is 9.90 Å². The summed E-state index contributed by atoms with van der Waals surface area (Å²) in [5, 5.41) is 16.7. The number of thiazole rings is 1. The second kappa shape index (κ2) is 10.2. The summed E-state index contributed by atoms with van der Waals surface area (Å²) < 4.78 is 5.51. The first-order chi connectivity index (χ1) is 18.1. The van der Waals surface area contributed by atoms with Gasteiger partial charge in [-0.3, -0.25) is 4.79 Å². The van der Waals surface area contributed by atoms with Crippen LogP contribution in [0.2, 0.25) is 0 Å². The van der Waals surface area contributed by atoms with Crippen LogP contribution in [0.15, 0.2) is 45.4 Å². The van der Waals surface area contributed by atoms with Crippen LogP contribution in [0.5, 0.6) is 0 Å². The Bertz CT molecular complexity index is 1330. The molecule has 10 heteroatoms. The lowest BCUT2D eigenvalue weighted by molar-refractivity contribution is -0.134. The molecule has 0 saturated carbocycles. The van der Waals surface area contributed by atoms with E-state index in [-0.39, 0.29) is 24.4 Å². The number of likely N-dealkylation sites (tertiary alicyclic amines) is 1. The Hall–Kier alpha value is -3.08. The van der Waals surface area contributed by atoms with Crippen LogP contribution in [0.1, 0.15) is 62.7 Å². The lowest BCUT2D eigenvalue weighted by Gasteiger charge is -2.32. The Labute approximate surface area is 227 Å². The molecule has 202 valence electrons. The van der Waals surface area contributed by atoms with Crippen molar-refractivity contribution in [2.45, 2.75) is 71.7 Å². The summed E-state index contributed by atoms with van der Waals surface area (Å²) in [4.78, 5) is 26.4. The van der Waals surface area contributed by atoms with E-state index in [4.69, 9.17) is 9.52 Å². The molecule has 1 amide bonds. The van der Waals surface area contributed by atoms with E-state index in [1.807, 2.05) is 39.3 Å². The Morgan fingerprint density at radius 3 is 2.61 bits per heavy atom. The Kier molecular flexibility index (Phi) is 7.15. The first-order valence-electron chi connectivity index (χ1n) is 13.2. The molecule has 1 aromatic carbocycles. The van der Waals surface area contributed by atoms with Crippen molar-refractivity contribution in [3.63, 3.8) is 0 Å². The number of hydrogen-bond donors (Lipinski definition) is 2. The van der Waals surface area contributed by atoms with E-state index in [0.717, 1.165) is 22.5 Å². The molecule has 2 aliphatic rings. The number of carbonyl (C=O) groups is 1. The number of nitrogens with zero attached hydrogens (tertiary/aromatic N) is 5. The highest BCUT2D eigenvalue weighted by atomic mass is 32.1. The molecule has 1 saturated heterocycles. The average Bonchev–Trinajstić information content (AvgIpc) is 3.66. The number of aromatic nitrogens is 2. The summed E-state index contributed by atoms with van der Waals surface area (Å²) in [6, 6.07) is 9.91. The Morgan fingerprint density at radius 2 is 2.03 bits per heavy atom. The number of carbonyl (C=O) groups excluding carboxylic acids is 1. The minimum atomic E-state index is -0.660. The SMILES string of the molecule is CCN1NC([C@H]2C[C@@H](O)CN2C(=O)C(c2cc(C)no2)C(C)C)=NC1(C)c1ccc(-c2scnc2C)cc1. The topological polar surface area (TPSA) is 107 Å². The van der Waals surface area contributed by atoms with E-state index in [0.29, 0.717) is 24.6 Å². The van der Waals surface area contributed by atoms with Gasteiger partial charge in [0.15, 0.2) is 5.66 Å². The fraction of sp³-hybridized carbons (Fsp3) is 0.500. The van der Waals surface area contributed by atoms with Crippen LogP contribution in [0.3, 0.4) is 0 Å². The van der Waals surface area contributed by atoms with Gasteiger partial charge in [-0.15, -0.1) is 11.3 Å². The van der Waals surface area contributed by atoms with Gasteiger partial charge in [0.25, 0.3) is 0 Å². The van der Waals surface area contributed by atoms with Crippen LogP contribution < -0.4 is 5.43 Å². The largest absolute Gasteiger partial charge is 0.391 e. The predicted molar refractivity (Wildman–Crippen MR) is 148 cm³/mol. The molecule has 5 rings (SSSR count). The lowest BCUT2D eigenvalue weighted by Crippen LogP contribution is -2.51. The van der Waals surface area contributed by atoms with Crippen LogP contribution in [-0.4, -0.2) is 62.1 Å². The Balaban J connectivity index is 1.45. The summed E-state index contributed by atoms with van der Waals surface area (Å²) >= 11 is 1.64. The van der Waals surface area contributed by atoms with Gasteiger partial charge in [0.2, 0.25) is 5.91 Å². The molecule has 1 fully saturated rings.